The average molecular weight is 454 g/mol. The molecule has 1 aliphatic heterocycles. The fourth-order valence-electron chi connectivity index (χ4n) is 3.60. The number of anilines is 1. The van der Waals surface area contributed by atoms with E-state index in [0.717, 1.165) is 10.0 Å². The van der Waals surface area contributed by atoms with Crippen LogP contribution in [0.1, 0.15) is 27.9 Å². The number of carbonyl (C=O) groups is 2. The normalized spacial score (nSPS) is 18.0. The van der Waals surface area contributed by atoms with Crippen LogP contribution in [-0.4, -0.2) is 16.8 Å². The highest BCUT2D eigenvalue weighted by molar-refractivity contribution is 9.10. The molecule has 0 spiro atoms. The molecule has 29 heavy (non-hydrogen) atoms. The van der Waals surface area contributed by atoms with Gasteiger partial charge in [-0.05, 0) is 35.9 Å². The van der Waals surface area contributed by atoms with Crippen molar-refractivity contribution >= 4 is 33.3 Å². The topological polar surface area (TPSA) is 57.6 Å². The van der Waals surface area contributed by atoms with Gasteiger partial charge in [-0.2, -0.15) is 0 Å². The highest BCUT2D eigenvalue weighted by Gasteiger charge is 2.50. The number of amides is 1. The Balaban J connectivity index is 1.67. The molecule has 1 N–H and O–H groups in total. The van der Waals surface area contributed by atoms with Crippen molar-refractivity contribution in [2.24, 2.45) is 0 Å². The van der Waals surface area contributed by atoms with Crippen LogP contribution in [0.3, 0.4) is 0 Å². The second-order valence-corrected chi connectivity index (χ2v) is 7.92. The predicted molar refractivity (Wildman–Crippen MR) is 111 cm³/mol. The van der Waals surface area contributed by atoms with E-state index in [-0.39, 0.29) is 24.6 Å². The highest BCUT2D eigenvalue weighted by atomic mass is 79.9. The lowest BCUT2D eigenvalue weighted by Gasteiger charge is -2.23. The molecule has 6 heteroatoms. The Hall–Kier alpha value is -2.83. The van der Waals surface area contributed by atoms with Crippen molar-refractivity contribution in [2.45, 2.75) is 18.6 Å². The van der Waals surface area contributed by atoms with Gasteiger partial charge >= 0.3 is 0 Å². The molecular formula is C23H17BrFNO3. The lowest BCUT2D eigenvalue weighted by molar-refractivity contribution is -0.136. The number of nitrogens with zero attached hydrogens (tertiary/aromatic N) is 1. The van der Waals surface area contributed by atoms with Gasteiger partial charge in [-0.1, -0.05) is 58.4 Å². The number of ketones is 1. The van der Waals surface area contributed by atoms with E-state index in [1.54, 1.807) is 60.7 Å². The number of carbonyl (C=O) groups excluding carboxylic acids is 2. The molecule has 4 rings (SSSR count). The van der Waals surface area contributed by atoms with E-state index in [2.05, 4.69) is 15.9 Å². The average Bonchev–Trinajstić information content (AvgIpc) is 2.92. The van der Waals surface area contributed by atoms with Gasteiger partial charge in [0.2, 0.25) is 0 Å². The summed E-state index contributed by atoms with van der Waals surface area (Å²) in [5.41, 5.74) is 0.129. The molecular weight excluding hydrogens is 437 g/mol. The van der Waals surface area contributed by atoms with Crippen molar-refractivity contribution in [2.75, 3.05) is 4.90 Å². The second-order valence-electron chi connectivity index (χ2n) is 7.01. The molecule has 0 unspecified atom stereocenters. The van der Waals surface area contributed by atoms with Crippen LogP contribution >= 0.6 is 15.9 Å². The van der Waals surface area contributed by atoms with Gasteiger partial charge in [0.1, 0.15) is 5.82 Å². The first-order chi connectivity index (χ1) is 13.9. The minimum absolute atomic E-state index is 0.170. The number of fused-ring (bicyclic) bond motifs is 1. The van der Waals surface area contributed by atoms with Gasteiger partial charge in [-0.15, -0.1) is 0 Å². The molecule has 4 nitrogen and oxygen atoms in total. The maximum absolute atomic E-state index is 13.2. The van der Waals surface area contributed by atoms with Crippen LogP contribution < -0.4 is 4.90 Å². The maximum atomic E-state index is 13.2. The summed E-state index contributed by atoms with van der Waals surface area (Å²) in [6, 6.07) is 19.6. The van der Waals surface area contributed by atoms with Gasteiger partial charge in [0.05, 0.1) is 18.7 Å². The first kappa shape index (κ1) is 19.5. The standard InChI is InChI=1S/C23H17BrFNO3/c24-17-5-3-4-16(12-17)21(27)13-23(29)19-6-1-2-7-20(19)26(22(23)28)14-15-8-10-18(25)11-9-15/h1-12,29H,13-14H2/t23-/m1/s1. The largest absolute Gasteiger partial charge is 0.375 e. The van der Waals surface area contributed by atoms with Crippen LogP contribution in [0.5, 0.6) is 0 Å². The van der Waals surface area contributed by atoms with Crippen molar-refractivity contribution in [1.29, 1.82) is 0 Å². The second kappa shape index (κ2) is 7.54. The van der Waals surface area contributed by atoms with Crippen molar-refractivity contribution in [1.82, 2.24) is 0 Å². The highest BCUT2D eigenvalue weighted by Crippen LogP contribution is 2.43. The van der Waals surface area contributed by atoms with Gasteiger partial charge in [0.25, 0.3) is 5.91 Å². The molecule has 0 saturated carbocycles. The molecule has 0 radical (unpaired) electrons. The fraction of sp³-hybridized carbons (Fsp3) is 0.130. The lowest BCUT2D eigenvalue weighted by Crippen LogP contribution is -2.41. The van der Waals surface area contributed by atoms with Crippen LogP contribution in [-0.2, 0) is 16.9 Å². The van der Waals surface area contributed by atoms with Crippen molar-refractivity contribution in [3.05, 3.63) is 99.8 Å². The van der Waals surface area contributed by atoms with E-state index in [1.165, 1.54) is 17.0 Å². The molecule has 0 fully saturated rings. The van der Waals surface area contributed by atoms with Crippen LogP contribution in [0, 0.1) is 5.82 Å². The number of benzene rings is 3. The van der Waals surface area contributed by atoms with Crippen molar-refractivity contribution in [3.63, 3.8) is 0 Å². The monoisotopic (exact) mass is 453 g/mol. The van der Waals surface area contributed by atoms with Gasteiger partial charge in [0.15, 0.2) is 11.4 Å². The zero-order chi connectivity index (χ0) is 20.6. The molecule has 0 saturated heterocycles. The number of halogens is 2. The van der Waals surface area contributed by atoms with Crippen LogP contribution in [0.4, 0.5) is 10.1 Å². The first-order valence-corrected chi connectivity index (χ1v) is 9.85. The Bertz CT molecular complexity index is 1100. The molecule has 1 aliphatic rings. The molecule has 0 aliphatic carbocycles. The minimum atomic E-state index is -1.95. The zero-order valence-electron chi connectivity index (χ0n) is 15.3. The number of Topliss-reactive ketones (excluding diaryl/α,β-unsaturated/α-hetero) is 1. The third kappa shape index (κ3) is 3.61. The molecule has 3 aromatic rings. The van der Waals surface area contributed by atoms with E-state index >= 15 is 0 Å². The van der Waals surface area contributed by atoms with Crippen molar-refractivity contribution < 1.29 is 19.1 Å². The summed E-state index contributed by atoms with van der Waals surface area (Å²) >= 11 is 3.33. The summed E-state index contributed by atoms with van der Waals surface area (Å²) in [6.45, 7) is 0.170. The maximum Gasteiger partial charge on any atom is 0.264 e. The number of rotatable bonds is 5. The summed E-state index contributed by atoms with van der Waals surface area (Å²) in [7, 11) is 0. The Morgan fingerprint density at radius 3 is 2.48 bits per heavy atom. The summed E-state index contributed by atoms with van der Waals surface area (Å²) in [5, 5.41) is 11.3. The first-order valence-electron chi connectivity index (χ1n) is 9.05. The predicted octanol–water partition coefficient (Wildman–Crippen LogP) is 4.60. The van der Waals surface area contributed by atoms with Crippen LogP contribution in [0.2, 0.25) is 0 Å². The van der Waals surface area contributed by atoms with Gasteiger partial charge in [-0.3, -0.25) is 9.59 Å². The van der Waals surface area contributed by atoms with Gasteiger partial charge < -0.3 is 10.0 Å². The Kier molecular flexibility index (Phi) is 5.06. The number of aliphatic hydroxyl groups is 1. The molecule has 1 atom stereocenters. The van der Waals surface area contributed by atoms with E-state index in [4.69, 9.17) is 0 Å². The lowest BCUT2D eigenvalue weighted by atomic mass is 9.88. The minimum Gasteiger partial charge on any atom is -0.375 e. The molecule has 0 bridgehead atoms. The zero-order valence-corrected chi connectivity index (χ0v) is 16.9. The van der Waals surface area contributed by atoms with Crippen LogP contribution in [0.25, 0.3) is 0 Å². The summed E-state index contributed by atoms with van der Waals surface area (Å²) in [5.74, 6) is -1.26. The van der Waals surface area contributed by atoms with Crippen molar-refractivity contribution in [3.8, 4) is 0 Å². The fourth-order valence-corrected chi connectivity index (χ4v) is 4.00. The SMILES string of the molecule is O=C(C[C@]1(O)C(=O)N(Cc2ccc(F)cc2)c2ccccc21)c1cccc(Br)c1. The summed E-state index contributed by atoms with van der Waals surface area (Å²) in [4.78, 5) is 27.5. The molecule has 1 amide bonds. The number of hydrogen-bond acceptors (Lipinski definition) is 3. The van der Waals surface area contributed by atoms with Crippen LogP contribution in [0.15, 0.2) is 77.3 Å². The number of para-hydroxylation sites is 1. The smallest absolute Gasteiger partial charge is 0.264 e. The van der Waals surface area contributed by atoms with E-state index < -0.39 is 11.5 Å². The molecule has 0 aromatic heterocycles. The van der Waals surface area contributed by atoms with E-state index in [9.17, 15) is 19.1 Å². The molecule has 1 heterocycles. The summed E-state index contributed by atoms with van der Waals surface area (Å²) < 4.78 is 14.0. The molecule has 146 valence electrons. The number of hydrogen-bond donors (Lipinski definition) is 1. The summed E-state index contributed by atoms with van der Waals surface area (Å²) in [6.07, 6.45) is -0.362. The Labute approximate surface area is 175 Å². The molecule has 3 aromatic carbocycles. The Morgan fingerprint density at radius 1 is 1.03 bits per heavy atom. The van der Waals surface area contributed by atoms with Gasteiger partial charge in [0, 0.05) is 15.6 Å². The van der Waals surface area contributed by atoms with E-state index in [1.807, 2.05) is 0 Å². The third-order valence-electron chi connectivity index (χ3n) is 5.06. The quantitative estimate of drug-likeness (QED) is 0.574. The van der Waals surface area contributed by atoms with E-state index in [0.29, 0.717) is 16.8 Å². The Morgan fingerprint density at radius 2 is 1.76 bits per heavy atom. The van der Waals surface area contributed by atoms with Gasteiger partial charge in [-0.25, -0.2) is 4.39 Å². The third-order valence-corrected chi connectivity index (χ3v) is 5.55.